The summed E-state index contributed by atoms with van der Waals surface area (Å²) < 4.78 is 0. The molecule has 0 aromatic heterocycles. The van der Waals surface area contributed by atoms with E-state index in [1.807, 2.05) is 6.92 Å². The van der Waals surface area contributed by atoms with Gasteiger partial charge in [0.2, 0.25) is 5.91 Å². The van der Waals surface area contributed by atoms with Crippen molar-refractivity contribution in [2.75, 3.05) is 6.54 Å². The van der Waals surface area contributed by atoms with Crippen molar-refractivity contribution in [3.8, 4) is 0 Å². The molecule has 3 N–H and O–H groups in total. The van der Waals surface area contributed by atoms with Crippen LogP contribution in [0.4, 0.5) is 0 Å². The van der Waals surface area contributed by atoms with E-state index in [4.69, 9.17) is 5.73 Å². The van der Waals surface area contributed by atoms with Gasteiger partial charge in [-0.15, -0.1) is 0 Å². The van der Waals surface area contributed by atoms with Gasteiger partial charge in [0.1, 0.15) is 0 Å². The molecule has 0 aromatic rings. The zero-order valence-corrected chi connectivity index (χ0v) is 9.31. The van der Waals surface area contributed by atoms with Gasteiger partial charge in [-0.1, -0.05) is 26.7 Å². The second kappa shape index (κ2) is 4.78. The maximum absolute atomic E-state index is 11.8. The summed E-state index contributed by atoms with van der Waals surface area (Å²) in [6.07, 6.45) is 5.34. The van der Waals surface area contributed by atoms with Crippen molar-refractivity contribution in [1.82, 2.24) is 5.32 Å². The monoisotopic (exact) mass is 198 g/mol. The summed E-state index contributed by atoms with van der Waals surface area (Å²) in [6.45, 7) is 4.71. The molecule has 1 aliphatic carbocycles. The third-order valence-corrected chi connectivity index (χ3v) is 3.30. The van der Waals surface area contributed by atoms with Crippen LogP contribution in [0, 0.1) is 5.41 Å². The number of amides is 1. The van der Waals surface area contributed by atoms with Crippen LogP contribution < -0.4 is 11.1 Å². The molecule has 0 saturated heterocycles. The first-order valence-electron chi connectivity index (χ1n) is 5.62. The van der Waals surface area contributed by atoms with Crippen LogP contribution in [-0.2, 0) is 4.79 Å². The number of nitrogens with one attached hydrogen (secondary N) is 1. The van der Waals surface area contributed by atoms with Crippen LogP contribution in [-0.4, -0.2) is 18.5 Å². The van der Waals surface area contributed by atoms with Gasteiger partial charge in [0.25, 0.3) is 0 Å². The Bertz CT molecular complexity index is 197. The highest BCUT2D eigenvalue weighted by Crippen LogP contribution is 2.37. The molecule has 0 bridgehead atoms. The summed E-state index contributed by atoms with van der Waals surface area (Å²) in [5.74, 6) is 0.193. The van der Waals surface area contributed by atoms with Crippen LogP contribution in [0.1, 0.15) is 46.0 Å². The van der Waals surface area contributed by atoms with Gasteiger partial charge in [-0.3, -0.25) is 4.79 Å². The minimum atomic E-state index is -0.118. The lowest BCUT2D eigenvalue weighted by atomic mass is 9.88. The van der Waals surface area contributed by atoms with Gasteiger partial charge in [-0.25, -0.2) is 0 Å². The maximum atomic E-state index is 11.8. The normalized spacial score (nSPS) is 21.9. The lowest BCUT2D eigenvalue weighted by Gasteiger charge is -2.23. The van der Waals surface area contributed by atoms with E-state index in [-0.39, 0.29) is 17.4 Å². The van der Waals surface area contributed by atoms with Gasteiger partial charge >= 0.3 is 0 Å². The van der Waals surface area contributed by atoms with Crippen LogP contribution >= 0.6 is 0 Å². The average molecular weight is 198 g/mol. The number of carbonyl (C=O) groups is 1. The predicted octanol–water partition coefficient (Wildman–Crippen LogP) is 1.42. The van der Waals surface area contributed by atoms with Crippen molar-refractivity contribution in [1.29, 1.82) is 0 Å². The maximum Gasteiger partial charge on any atom is 0.225 e. The van der Waals surface area contributed by atoms with Crippen LogP contribution in [0.15, 0.2) is 0 Å². The summed E-state index contributed by atoms with van der Waals surface area (Å²) >= 11 is 0. The molecule has 3 nitrogen and oxygen atoms in total. The lowest BCUT2D eigenvalue weighted by molar-refractivity contribution is -0.129. The Labute approximate surface area is 86.4 Å². The van der Waals surface area contributed by atoms with E-state index >= 15 is 0 Å². The molecule has 0 spiro atoms. The van der Waals surface area contributed by atoms with Gasteiger partial charge < -0.3 is 11.1 Å². The highest BCUT2D eigenvalue weighted by atomic mass is 16.2. The fourth-order valence-corrected chi connectivity index (χ4v) is 1.96. The van der Waals surface area contributed by atoms with E-state index in [0.29, 0.717) is 6.54 Å². The molecule has 1 aliphatic rings. The minimum Gasteiger partial charge on any atom is -0.354 e. The molecule has 1 saturated carbocycles. The molecular formula is C11H22N2O. The summed E-state index contributed by atoms with van der Waals surface area (Å²) in [5, 5.41) is 2.95. The van der Waals surface area contributed by atoms with Crippen molar-refractivity contribution in [2.45, 2.75) is 52.0 Å². The van der Waals surface area contributed by atoms with Crippen molar-refractivity contribution < 1.29 is 4.79 Å². The Morgan fingerprint density at radius 1 is 1.50 bits per heavy atom. The zero-order valence-electron chi connectivity index (χ0n) is 9.31. The molecule has 1 amide bonds. The zero-order chi connectivity index (χ0) is 10.6. The third kappa shape index (κ3) is 2.71. The van der Waals surface area contributed by atoms with E-state index in [9.17, 15) is 4.79 Å². The quantitative estimate of drug-likeness (QED) is 0.718. The van der Waals surface area contributed by atoms with Gasteiger partial charge in [-0.05, 0) is 19.3 Å². The minimum absolute atomic E-state index is 0.101. The largest absolute Gasteiger partial charge is 0.354 e. The Morgan fingerprint density at radius 2 is 2.07 bits per heavy atom. The van der Waals surface area contributed by atoms with Gasteiger partial charge in [0.05, 0.1) is 0 Å². The Hall–Kier alpha value is -0.570. The molecule has 3 heteroatoms. The van der Waals surface area contributed by atoms with Crippen LogP contribution in [0.3, 0.4) is 0 Å². The van der Waals surface area contributed by atoms with E-state index < -0.39 is 0 Å². The third-order valence-electron chi connectivity index (χ3n) is 3.30. The average Bonchev–Trinajstić information content (AvgIpc) is 2.62. The Balaban J connectivity index is 2.34. The lowest BCUT2D eigenvalue weighted by Crippen LogP contribution is -2.43. The SMILES string of the molecule is CCC(N)CNC(=O)C1(C)CCCC1. The number of nitrogens with two attached hydrogens (primary N) is 1. The molecule has 1 rings (SSSR count). The first kappa shape index (κ1) is 11.5. The molecule has 82 valence electrons. The van der Waals surface area contributed by atoms with Gasteiger partial charge in [0.15, 0.2) is 0 Å². The molecule has 1 fully saturated rings. The number of carbonyl (C=O) groups excluding carboxylic acids is 1. The molecule has 0 aromatic carbocycles. The van der Waals surface area contributed by atoms with Crippen LogP contribution in [0.5, 0.6) is 0 Å². The van der Waals surface area contributed by atoms with E-state index in [1.165, 1.54) is 12.8 Å². The van der Waals surface area contributed by atoms with Crippen molar-refractivity contribution in [2.24, 2.45) is 11.1 Å². The summed E-state index contributed by atoms with van der Waals surface area (Å²) in [5.41, 5.74) is 5.63. The number of rotatable bonds is 4. The predicted molar refractivity (Wildman–Crippen MR) is 57.9 cm³/mol. The first-order valence-corrected chi connectivity index (χ1v) is 5.62. The number of hydrogen-bond donors (Lipinski definition) is 2. The molecule has 0 heterocycles. The second-order valence-electron chi connectivity index (χ2n) is 4.65. The van der Waals surface area contributed by atoms with Crippen molar-refractivity contribution in [3.05, 3.63) is 0 Å². The van der Waals surface area contributed by atoms with Crippen molar-refractivity contribution >= 4 is 5.91 Å². The standard InChI is InChI=1S/C11H22N2O/c1-3-9(12)8-13-10(14)11(2)6-4-5-7-11/h9H,3-8,12H2,1-2H3,(H,13,14). The van der Waals surface area contributed by atoms with E-state index in [2.05, 4.69) is 12.2 Å². The summed E-state index contributed by atoms with van der Waals surface area (Å²) in [6, 6.07) is 0.101. The highest BCUT2D eigenvalue weighted by Gasteiger charge is 2.35. The van der Waals surface area contributed by atoms with Crippen molar-refractivity contribution in [3.63, 3.8) is 0 Å². The van der Waals surface area contributed by atoms with Crippen LogP contribution in [0.25, 0.3) is 0 Å². The molecule has 0 radical (unpaired) electrons. The Kier molecular flexibility index (Phi) is 3.93. The van der Waals surface area contributed by atoms with Gasteiger partial charge in [0, 0.05) is 18.0 Å². The fourth-order valence-electron chi connectivity index (χ4n) is 1.96. The van der Waals surface area contributed by atoms with Gasteiger partial charge in [-0.2, -0.15) is 0 Å². The smallest absolute Gasteiger partial charge is 0.225 e. The van der Waals surface area contributed by atoms with Crippen LogP contribution in [0.2, 0.25) is 0 Å². The molecule has 1 unspecified atom stereocenters. The van der Waals surface area contributed by atoms with E-state index in [1.54, 1.807) is 0 Å². The second-order valence-corrected chi connectivity index (χ2v) is 4.65. The number of hydrogen-bond acceptors (Lipinski definition) is 2. The topological polar surface area (TPSA) is 55.1 Å². The fraction of sp³-hybridized carbons (Fsp3) is 0.909. The molecule has 0 aliphatic heterocycles. The first-order chi connectivity index (χ1) is 6.58. The molecular weight excluding hydrogens is 176 g/mol. The van der Waals surface area contributed by atoms with E-state index in [0.717, 1.165) is 19.3 Å². The summed E-state index contributed by atoms with van der Waals surface area (Å²) in [4.78, 5) is 11.8. The Morgan fingerprint density at radius 3 is 2.57 bits per heavy atom. The highest BCUT2D eigenvalue weighted by molar-refractivity contribution is 5.82. The molecule has 1 atom stereocenters. The summed E-state index contributed by atoms with van der Waals surface area (Å²) in [7, 11) is 0. The molecule has 14 heavy (non-hydrogen) atoms.